The normalized spacial score (nSPS) is 11.5. The molecule has 0 unspecified atom stereocenters. The van der Waals surface area contributed by atoms with Crippen molar-refractivity contribution in [3.63, 3.8) is 0 Å². The second kappa shape index (κ2) is 9.89. The molecule has 148 valence electrons. The van der Waals surface area contributed by atoms with Crippen molar-refractivity contribution in [2.45, 2.75) is 26.1 Å². The van der Waals surface area contributed by atoms with E-state index in [1.165, 1.54) is 6.92 Å². The summed E-state index contributed by atoms with van der Waals surface area (Å²) in [5.41, 5.74) is 2.55. The average Bonchev–Trinajstić information content (AvgIpc) is 2.74. The largest absolute Gasteiger partial charge is 0.350 e. The third-order valence-corrected chi connectivity index (χ3v) is 5.06. The second-order valence-corrected chi connectivity index (χ2v) is 7.16. The molecule has 2 amide bonds. The van der Waals surface area contributed by atoms with E-state index in [0.29, 0.717) is 18.1 Å². The van der Waals surface area contributed by atoms with E-state index < -0.39 is 6.04 Å². The molecule has 3 aromatic carbocycles. The molecule has 0 bridgehead atoms. The molecule has 0 fully saturated rings. The SMILES string of the molecule is CC(=O)N(Cc1ccccc1)[C@@H](C(=O)NCc1ccccc1Cl)c1ccccc1. The van der Waals surface area contributed by atoms with Crippen LogP contribution >= 0.6 is 11.6 Å². The molecule has 0 aliphatic rings. The number of hydrogen-bond donors (Lipinski definition) is 1. The minimum atomic E-state index is -0.739. The van der Waals surface area contributed by atoms with Gasteiger partial charge in [0.2, 0.25) is 11.8 Å². The van der Waals surface area contributed by atoms with E-state index in [0.717, 1.165) is 16.7 Å². The van der Waals surface area contributed by atoms with Crippen LogP contribution in [-0.2, 0) is 22.7 Å². The summed E-state index contributed by atoms with van der Waals surface area (Å²) in [4.78, 5) is 27.3. The zero-order chi connectivity index (χ0) is 20.6. The number of carbonyl (C=O) groups excluding carboxylic acids is 2. The maximum Gasteiger partial charge on any atom is 0.247 e. The summed E-state index contributed by atoms with van der Waals surface area (Å²) in [7, 11) is 0. The van der Waals surface area contributed by atoms with Gasteiger partial charge in [-0.2, -0.15) is 0 Å². The van der Waals surface area contributed by atoms with E-state index in [-0.39, 0.29) is 11.8 Å². The van der Waals surface area contributed by atoms with Crippen LogP contribution in [0.5, 0.6) is 0 Å². The summed E-state index contributed by atoms with van der Waals surface area (Å²) in [6, 6.07) is 25.6. The Hall–Kier alpha value is -3.11. The Morgan fingerprint density at radius 1 is 0.897 bits per heavy atom. The predicted molar refractivity (Wildman–Crippen MR) is 115 cm³/mol. The quantitative estimate of drug-likeness (QED) is 0.615. The van der Waals surface area contributed by atoms with Gasteiger partial charge in [0.25, 0.3) is 0 Å². The van der Waals surface area contributed by atoms with Crippen molar-refractivity contribution >= 4 is 23.4 Å². The topological polar surface area (TPSA) is 49.4 Å². The lowest BCUT2D eigenvalue weighted by molar-refractivity contribution is -0.140. The third kappa shape index (κ3) is 5.46. The Kier molecular flexibility index (Phi) is 7.04. The highest BCUT2D eigenvalue weighted by Gasteiger charge is 2.29. The van der Waals surface area contributed by atoms with Crippen LogP contribution < -0.4 is 5.32 Å². The molecule has 3 aromatic rings. The summed E-state index contributed by atoms with van der Waals surface area (Å²) >= 11 is 6.21. The first-order valence-corrected chi connectivity index (χ1v) is 9.81. The molecule has 5 heteroatoms. The monoisotopic (exact) mass is 406 g/mol. The fraction of sp³-hybridized carbons (Fsp3) is 0.167. The van der Waals surface area contributed by atoms with Crippen molar-refractivity contribution < 1.29 is 9.59 Å². The van der Waals surface area contributed by atoms with Gasteiger partial charge in [0, 0.05) is 25.0 Å². The van der Waals surface area contributed by atoms with Gasteiger partial charge in [0.15, 0.2) is 0 Å². The van der Waals surface area contributed by atoms with Crippen molar-refractivity contribution in [1.29, 1.82) is 0 Å². The fourth-order valence-electron chi connectivity index (χ4n) is 3.19. The number of rotatable bonds is 7. The number of benzene rings is 3. The smallest absolute Gasteiger partial charge is 0.247 e. The minimum Gasteiger partial charge on any atom is -0.350 e. The Labute approximate surface area is 176 Å². The molecule has 0 spiro atoms. The molecule has 3 rings (SSSR count). The maximum atomic E-state index is 13.2. The molecule has 0 aromatic heterocycles. The lowest BCUT2D eigenvalue weighted by Crippen LogP contribution is -2.42. The first kappa shape index (κ1) is 20.6. The van der Waals surface area contributed by atoms with Crippen LogP contribution in [0.1, 0.15) is 29.7 Å². The van der Waals surface area contributed by atoms with Gasteiger partial charge in [-0.1, -0.05) is 90.5 Å². The number of nitrogens with one attached hydrogen (secondary N) is 1. The molecule has 0 saturated carbocycles. The first-order valence-electron chi connectivity index (χ1n) is 9.43. The van der Waals surface area contributed by atoms with Crippen molar-refractivity contribution in [3.8, 4) is 0 Å². The van der Waals surface area contributed by atoms with E-state index >= 15 is 0 Å². The number of carbonyl (C=O) groups is 2. The molecule has 0 heterocycles. The number of nitrogens with zero attached hydrogens (tertiary/aromatic N) is 1. The van der Waals surface area contributed by atoms with Crippen molar-refractivity contribution in [3.05, 3.63) is 107 Å². The van der Waals surface area contributed by atoms with Crippen LogP contribution in [0.15, 0.2) is 84.9 Å². The molecule has 0 radical (unpaired) electrons. The zero-order valence-electron chi connectivity index (χ0n) is 16.2. The van der Waals surface area contributed by atoms with Crippen LogP contribution in [0.2, 0.25) is 5.02 Å². The number of hydrogen-bond acceptors (Lipinski definition) is 2. The van der Waals surface area contributed by atoms with Gasteiger partial charge in [-0.05, 0) is 22.8 Å². The highest BCUT2D eigenvalue weighted by molar-refractivity contribution is 6.31. The highest BCUT2D eigenvalue weighted by Crippen LogP contribution is 2.24. The van der Waals surface area contributed by atoms with Crippen LogP contribution in [-0.4, -0.2) is 16.7 Å². The molecule has 0 aliphatic heterocycles. The molecule has 0 aliphatic carbocycles. The Balaban J connectivity index is 1.87. The summed E-state index contributed by atoms with van der Waals surface area (Å²) < 4.78 is 0. The van der Waals surface area contributed by atoms with Crippen LogP contribution in [0, 0.1) is 0 Å². The van der Waals surface area contributed by atoms with Crippen molar-refractivity contribution in [2.24, 2.45) is 0 Å². The van der Waals surface area contributed by atoms with Gasteiger partial charge >= 0.3 is 0 Å². The summed E-state index contributed by atoms with van der Waals surface area (Å²) in [5, 5.41) is 3.54. The van der Waals surface area contributed by atoms with Gasteiger partial charge in [-0.15, -0.1) is 0 Å². The maximum absolute atomic E-state index is 13.2. The first-order chi connectivity index (χ1) is 14.1. The molecule has 1 atom stereocenters. The van der Waals surface area contributed by atoms with Gasteiger partial charge in [-0.3, -0.25) is 9.59 Å². The Morgan fingerprint density at radius 2 is 1.48 bits per heavy atom. The minimum absolute atomic E-state index is 0.171. The van der Waals surface area contributed by atoms with E-state index in [9.17, 15) is 9.59 Å². The lowest BCUT2D eigenvalue weighted by Gasteiger charge is -2.30. The zero-order valence-corrected chi connectivity index (χ0v) is 17.0. The standard InChI is InChI=1S/C24H23ClN2O2/c1-18(28)27(17-19-10-4-2-5-11-19)23(20-12-6-3-7-13-20)24(29)26-16-21-14-8-9-15-22(21)25/h2-15,23H,16-17H2,1H3,(H,26,29)/t23-/m1/s1. The molecular formula is C24H23ClN2O2. The summed E-state index contributed by atoms with van der Waals surface area (Å²) in [6.07, 6.45) is 0. The molecular weight excluding hydrogens is 384 g/mol. The fourth-order valence-corrected chi connectivity index (χ4v) is 3.40. The Morgan fingerprint density at radius 3 is 2.10 bits per heavy atom. The molecule has 0 saturated heterocycles. The second-order valence-electron chi connectivity index (χ2n) is 6.75. The lowest BCUT2D eigenvalue weighted by atomic mass is 10.0. The van der Waals surface area contributed by atoms with Crippen molar-refractivity contribution in [2.75, 3.05) is 0 Å². The van der Waals surface area contributed by atoms with Crippen LogP contribution in [0.4, 0.5) is 0 Å². The molecule has 1 N–H and O–H groups in total. The van der Waals surface area contributed by atoms with E-state index in [1.807, 2.05) is 78.9 Å². The third-order valence-electron chi connectivity index (χ3n) is 4.69. The molecule has 4 nitrogen and oxygen atoms in total. The summed E-state index contributed by atoms with van der Waals surface area (Å²) in [6.45, 7) is 2.12. The van der Waals surface area contributed by atoms with Crippen LogP contribution in [0.3, 0.4) is 0 Å². The number of amides is 2. The van der Waals surface area contributed by atoms with Gasteiger partial charge in [0.1, 0.15) is 6.04 Å². The Bertz CT molecular complexity index is 961. The van der Waals surface area contributed by atoms with Gasteiger partial charge in [-0.25, -0.2) is 0 Å². The van der Waals surface area contributed by atoms with Crippen LogP contribution in [0.25, 0.3) is 0 Å². The summed E-state index contributed by atoms with van der Waals surface area (Å²) in [5.74, 6) is -0.419. The highest BCUT2D eigenvalue weighted by atomic mass is 35.5. The van der Waals surface area contributed by atoms with Gasteiger partial charge in [0.05, 0.1) is 0 Å². The van der Waals surface area contributed by atoms with E-state index in [1.54, 1.807) is 11.0 Å². The predicted octanol–water partition coefficient (Wildman–Crippen LogP) is 4.75. The van der Waals surface area contributed by atoms with Crippen molar-refractivity contribution in [1.82, 2.24) is 10.2 Å². The van der Waals surface area contributed by atoms with Gasteiger partial charge < -0.3 is 10.2 Å². The van der Waals surface area contributed by atoms with E-state index in [4.69, 9.17) is 11.6 Å². The molecule has 29 heavy (non-hydrogen) atoms. The average molecular weight is 407 g/mol. The van der Waals surface area contributed by atoms with E-state index in [2.05, 4.69) is 5.32 Å². The number of halogens is 1.